The van der Waals surface area contributed by atoms with Crippen LogP contribution in [0.3, 0.4) is 0 Å². The number of hydrogen-bond donors (Lipinski definition) is 4. The maximum absolute atomic E-state index is 11.9. The molecule has 3 aromatic carbocycles. The first kappa shape index (κ1) is 44.2. The molecule has 270 valence electrons. The lowest BCUT2D eigenvalue weighted by Crippen LogP contribution is -2.20. The Labute approximate surface area is 320 Å². The predicted molar refractivity (Wildman–Crippen MR) is 210 cm³/mol. The van der Waals surface area contributed by atoms with Crippen molar-refractivity contribution in [1.29, 1.82) is 21.2 Å². The molecule has 53 heavy (non-hydrogen) atoms. The summed E-state index contributed by atoms with van der Waals surface area (Å²) in [5, 5.41) is 33.0. The monoisotopic (exact) mass is 748 g/mol. The lowest BCUT2D eigenvalue weighted by Gasteiger charge is -2.06. The van der Waals surface area contributed by atoms with Gasteiger partial charge in [0.15, 0.2) is 5.96 Å². The van der Waals surface area contributed by atoms with E-state index in [4.69, 9.17) is 38.5 Å². The number of nitrogen functional groups attached to an aromatic ring is 1. The van der Waals surface area contributed by atoms with Crippen molar-refractivity contribution in [2.45, 2.75) is 20.8 Å². The van der Waals surface area contributed by atoms with E-state index in [9.17, 15) is 4.79 Å². The molecule has 13 nitrogen and oxygen atoms in total. The van der Waals surface area contributed by atoms with Gasteiger partial charge < -0.3 is 22.1 Å². The first-order valence-corrected chi connectivity index (χ1v) is 15.6. The summed E-state index contributed by atoms with van der Waals surface area (Å²) in [7, 11) is 3.56. The van der Waals surface area contributed by atoms with Crippen LogP contribution in [0.5, 0.6) is 0 Å². The molecule has 0 radical (unpaired) electrons. The maximum atomic E-state index is 11.9. The quantitative estimate of drug-likeness (QED) is 0.0387. The van der Waals surface area contributed by atoms with E-state index in [0.717, 1.165) is 27.8 Å². The van der Waals surface area contributed by atoms with Gasteiger partial charge in [-0.2, -0.15) is 15.8 Å². The molecule has 0 amide bonds. The van der Waals surface area contributed by atoms with E-state index in [-0.39, 0.29) is 41.0 Å². The molecule has 0 aliphatic carbocycles. The second-order valence-corrected chi connectivity index (χ2v) is 11.5. The van der Waals surface area contributed by atoms with Crippen molar-refractivity contribution in [2.75, 3.05) is 19.8 Å². The topological polar surface area (TPSA) is 245 Å². The van der Waals surface area contributed by atoms with Crippen LogP contribution in [-0.2, 0) is 0 Å². The predicted octanol–water partition coefficient (Wildman–Crippen LogP) is 6.29. The van der Waals surface area contributed by atoms with E-state index in [1.54, 1.807) is 31.1 Å². The van der Waals surface area contributed by atoms with Crippen LogP contribution in [0.15, 0.2) is 97.0 Å². The molecule has 2 heterocycles. The molecule has 0 atom stereocenters. The Kier molecular flexibility index (Phi) is 18.4. The Balaban J connectivity index is 0.000000374. The third kappa shape index (κ3) is 14.9. The number of hydrogen-bond acceptors (Lipinski definition) is 11. The number of carbonyl (C=O) groups is 1. The van der Waals surface area contributed by atoms with Gasteiger partial charge in [-0.15, -0.1) is 12.4 Å². The standard InChI is InChI=1S/C13H14N2O.C12H8ClN3.C12H10N4.CH5N3.ClH/c1-10-4-6-11(7-5-10)13(16)12(8-14)9-15(2)3;1-8-2-4-9(5-3-8)11-10(6-14)7-15-12(13)16-11;1-8-2-4-9(5-3-8)11-10(6-13)7-15-12(14)16-11;2-1(3)4;/h4-7,9H,1-3H3;2-5,7H,1H3;2-5,7H,1H3,(H2,14,15,16);(H5,2,3,4);1H/b12-9-;;;;. The van der Waals surface area contributed by atoms with Gasteiger partial charge in [-0.1, -0.05) is 89.5 Å². The van der Waals surface area contributed by atoms with Crippen molar-refractivity contribution in [3.05, 3.63) is 136 Å². The van der Waals surface area contributed by atoms with Crippen LogP contribution in [0.2, 0.25) is 5.28 Å². The van der Waals surface area contributed by atoms with Gasteiger partial charge in [0.1, 0.15) is 23.8 Å². The summed E-state index contributed by atoms with van der Waals surface area (Å²) in [6.07, 6.45) is 4.41. The largest absolute Gasteiger partial charge is 0.382 e. The van der Waals surface area contributed by atoms with Gasteiger partial charge in [-0.05, 0) is 32.4 Å². The highest BCUT2D eigenvalue weighted by atomic mass is 35.5. The van der Waals surface area contributed by atoms with Crippen LogP contribution >= 0.6 is 24.0 Å². The number of aromatic nitrogens is 4. The third-order valence-electron chi connectivity index (χ3n) is 6.52. The normalized spacial score (nSPS) is 9.60. The lowest BCUT2D eigenvalue weighted by atomic mass is 10.0. The molecule has 5 aromatic rings. The molecule has 7 N–H and O–H groups in total. The molecule has 0 saturated heterocycles. The number of anilines is 1. The number of nitrogens with one attached hydrogen (secondary N) is 1. The molecule has 0 saturated carbocycles. The maximum Gasteiger partial charge on any atom is 0.222 e. The van der Waals surface area contributed by atoms with Crippen molar-refractivity contribution in [1.82, 2.24) is 24.8 Å². The highest BCUT2D eigenvalue weighted by Crippen LogP contribution is 2.23. The zero-order valence-corrected chi connectivity index (χ0v) is 31.2. The molecule has 15 heteroatoms. The molecule has 0 fully saturated rings. The Morgan fingerprint density at radius 2 is 1.15 bits per heavy atom. The van der Waals surface area contributed by atoms with Gasteiger partial charge >= 0.3 is 0 Å². The fourth-order valence-electron chi connectivity index (χ4n) is 4.04. The lowest BCUT2D eigenvalue weighted by molar-refractivity contribution is 0.103. The van der Waals surface area contributed by atoms with E-state index < -0.39 is 0 Å². The molecular formula is C38H38Cl2N12O. The number of halogens is 2. The summed E-state index contributed by atoms with van der Waals surface area (Å²) in [5.41, 5.74) is 22.3. The van der Waals surface area contributed by atoms with Crippen LogP contribution in [0.25, 0.3) is 22.5 Å². The number of nitrogens with two attached hydrogens (primary N) is 3. The minimum Gasteiger partial charge on any atom is -0.382 e. The zero-order chi connectivity index (χ0) is 38.8. The third-order valence-corrected chi connectivity index (χ3v) is 6.71. The van der Waals surface area contributed by atoms with Crippen LogP contribution in [-0.4, -0.2) is 50.7 Å². The zero-order valence-electron chi connectivity index (χ0n) is 29.7. The van der Waals surface area contributed by atoms with E-state index in [2.05, 4.69) is 43.5 Å². The number of Topliss-reactive ketones (excluding diaryl/α,β-unsaturated/α-hetero) is 1. The number of benzene rings is 3. The first-order chi connectivity index (χ1) is 24.7. The van der Waals surface area contributed by atoms with Crippen molar-refractivity contribution >= 4 is 41.7 Å². The van der Waals surface area contributed by atoms with Gasteiger partial charge in [0.05, 0.1) is 34.9 Å². The average Bonchev–Trinajstić information content (AvgIpc) is 3.11. The number of nitriles is 3. The number of allylic oxidation sites excluding steroid dienone is 1. The fraction of sp³-hybridized carbons (Fsp3) is 0.132. The SMILES string of the molecule is Cc1ccc(-c2nc(Cl)ncc2C#N)cc1.Cc1ccc(-c2nc(N)ncc2C#N)cc1.Cc1ccc(C(=O)/C(C#N)=C\N(C)C)cc1.Cl.N=C(N)N. The summed E-state index contributed by atoms with van der Waals surface area (Å²) in [4.78, 5) is 29.3. The van der Waals surface area contributed by atoms with Gasteiger partial charge in [-0.3, -0.25) is 10.2 Å². The molecule has 0 bridgehead atoms. The van der Waals surface area contributed by atoms with Crippen LogP contribution in [0.1, 0.15) is 38.2 Å². The summed E-state index contributed by atoms with van der Waals surface area (Å²) < 4.78 is 0. The number of nitrogens with zero attached hydrogens (tertiary/aromatic N) is 8. The molecule has 0 spiro atoms. The highest BCUT2D eigenvalue weighted by Gasteiger charge is 2.12. The number of aryl methyl sites for hydroxylation is 3. The number of rotatable bonds is 5. The van der Waals surface area contributed by atoms with Crippen LogP contribution in [0.4, 0.5) is 5.95 Å². The minimum absolute atomic E-state index is 0. The number of carbonyl (C=O) groups excluding carboxylic acids is 1. The Bertz CT molecular complexity index is 2040. The van der Waals surface area contributed by atoms with Crippen molar-refractivity contribution in [3.8, 4) is 40.7 Å². The van der Waals surface area contributed by atoms with Gasteiger partial charge in [-0.25, -0.2) is 19.9 Å². The van der Waals surface area contributed by atoms with Gasteiger partial charge in [0.25, 0.3) is 0 Å². The van der Waals surface area contributed by atoms with Gasteiger partial charge in [0, 0.05) is 37.0 Å². The Hall–Kier alpha value is -6.85. The molecular weight excluding hydrogens is 711 g/mol. The molecule has 2 aromatic heterocycles. The second kappa shape index (κ2) is 22.1. The smallest absolute Gasteiger partial charge is 0.222 e. The summed E-state index contributed by atoms with van der Waals surface area (Å²) in [6, 6.07) is 28.7. The number of guanidine groups is 1. The van der Waals surface area contributed by atoms with E-state index in [0.29, 0.717) is 28.1 Å². The fourth-order valence-corrected chi connectivity index (χ4v) is 4.17. The van der Waals surface area contributed by atoms with Crippen molar-refractivity contribution in [2.24, 2.45) is 11.5 Å². The van der Waals surface area contributed by atoms with E-state index in [1.165, 1.54) is 18.6 Å². The number of ketones is 1. The van der Waals surface area contributed by atoms with Gasteiger partial charge in [0.2, 0.25) is 17.0 Å². The minimum atomic E-state index is -0.333. The summed E-state index contributed by atoms with van der Waals surface area (Å²) in [6.45, 7) is 5.96. The molecule has 0 aliphatic heterocycles. The molecule has 5 rings (SSSR count). The molecule has 0 unspecified atom stereocenters. The van der Waals surface area contributed by atoms with E-state index >= 15 is 0 Å². The Morgan fingerprint density at radius 1 is 0.755 bits per heavy atom. The second-order valence-electron chi connectivity index (χ2n) is 11.1. The van der Waals surface area contributed by atoms with E-state index in [1.807, 2.05) is 87.5 Å². The van der Waals surface area contributed by atoms with Crippen LogP contribution < -0.4 is 17.2 Å². The summed E-state index contributed by atoms with van der Waals surface area (Å²) >= 11 is 5.72. The first-order valence-electron chi connectivity index (χ1n) is 15.3. The highest BCUT2D eigenvalue weighted by molar-refractivity contribution is 6.28. The van der Waals surface area contributed by atoms with Crippen molar-refractivity contribution in [3.63, 3.8) is 0 Å². The Morgan fingerprint density at radius 3 is 1.55 bits per heavy atom. The average molecular weight is 750 g/mol. The molecule has 0 aliphatic rings. The summed E-state index contributed by atoms with van der Waals surface area (Å²) in [5.74, 6) is -0.397. The van der Waals surface area contributed by atoms with Crippen molar-refractivity contribution < 1.29 is 4.79 Å². The van der Waals surface area contributed by atoms with Crippen LogP contribution in [0, 0.1) is 60.2 Å².